The number of carbonyl (C=O) groups is 2. The second kappa shape index (κ2) is 9.57. The van der Waals surface area contributed by atoms with Gasteiger partial charge in [-0.25, -0.2) is 0 Å². The normalized spacial score (nSPS) is 9.57. The molecule has 0 heterocycles. The molecular formula is C20H24O3. The molecule has 0 unspecified atom stereocenters. The summed E-state index contributed by atoms with van der Waals surface area (Å²) in [4.78, 5) is 21.2. The molecule has 0 atom stereocenters. The maximum Gasteiger partial charge on any atom is 0.302 e. The van der Waals surface area contributed by atoms with E-state index in [1.54, 1.807) is 6.92 Å². The standard InChI is InChI=1S/C11H14O2.C9H10O/c1-9-3-5-11(6-4-9)7-8-13-10(2)12;1-7-3-5-9(6-4-7)8(2)10/h3-6H,7-8H2,1-2H3;3-6H,1-2H3. The minimum absolute atomic E-state index is 0.125. The van der Waals surface area contributed by atoms with Crippen LogP contribution in [0, 0.1) is 13.8 Å². The van der Waals surface area contributed by atoms with Gasteiger partial charge in [0.2, 0.25) is 0 Å². The van der Waals surface area contributed by atoms with E-state index in [1.807, 2.05) is 31.2 Å². The van der Waals surface area contributed by atoms with Crippen molar-refractivity contribution in [2.24, 2.45) is 0 Å². The van der Waals surface area contributed by atoms with E-state index >= 15 is 0 Å². The highest BCUT2D eigenvalue weighted by atomic mass is 16.5. The Morgan fingerprint density at radius 2 is 1.30 bits per heavy atom. The molecule has 0 aliphatic heterocycles. The van der Waals surface area contributed by atoms with Crippen molar-refractivity contribution < 1.29 is 14.3 Å². The lowest BCUT2D eigenvalue weighted by molar-refractivity contribution is -0.140. The maximum atomic E-state index is 10.8. The molecular weight excluding hydrogens is 288 g/mol. The number of Topliss-reactive ketones (excluding diaryl/α,β-unsaturated/α-hetero) is 1. The number of rotatable bonds is 4. The second-order valence-corrected chi connectivity index (χ2v) is 5.50. The Balaban J connectivity index is 0.000000238. The van der Waals surface area contributed by atoms with E-state index in [1.165, 1.54) is 23.6 Å². The summed E-state index contributed by atoms with van der Waals surface area (Å²) < 4.78 is 4.84. The summed E-state index contributed by atoms with van der Waals surface area (Å²) >= 11 is 0. The first-order chi connectivity index (χ1) is 10.9. The number of hydrogen-bond donors (Lipinski definition) is 0. The number of aryl methyl sites for hydroxylation is 2. The summed E-state index contributed by atoms with van der Waals surface area (Å²) in [6.45, 7) is 7.53. The van der Waals surface area contributed by atoms with Crippen LogP contribution in [-0.4, -0.2) is 18.4 Å². The first-order valence-electron chi connectivity index (χ1n) is 7.65. The fraction of sp³-hybridized carbons (Fsp3) is 0.300. The van der Waals surface area contributed by atoms with E-state index in [2.05, 4.69) is 31.2 Å². The summed E-state index contributed by atoms with van der Waals surface area (Å²) in [6.07, 6.45) is 0.792. The van der Waals surface area contributed by atoms with Crippen molar-refractivity contribution in [3.8, 4) is 0 Å². The van der Waals surface area contributed by atoms with Crippen molar-refractivity contribution in [3.05, 3.63) is 70.8 Å². The molecule has 2 aromatic rings. The molecule has 0 aliphatic rings. The van der Waals surface area contributed by atoms with Crippen LogP contribution in [0.5, 0.6) is 0 Å². The largest absolute Gasteiger partial charge is 0.466 e. The van der Waals surface area contributed by atoms with Gasteiger partial charge in [-0.2, -0.15) is 0 Å². The molecule has 122 valence electrons. The van der Waals surface area contributed by atoms with Gasteiger partial charge in [0.1, 0.15) is 0 Å². The smallest absolute Gasteiger partial charge is 0.302 e. The molecule has 2 aromatic carbocycles. The van der Waals surface area contributed by atoms with Crippen LogP contribution in [0.3, 0.4) is 0 Å². The highest BCUT2D eigenvalue weighted by molar-refractivity contribution is 5.93. The minimum atomic E-state index is -0.216. The number of benzene rings is 2. The number of ether oxygens (including phenoxy) is 1. The lowest BCUT2D eigenvalue weighted by Gasteiger charge is -2.02. The lowest BCUT2D eigenvalue weighted by atomic mass is 10.1. The van der Waals surface area contributed by atoms with Gasteiger partial charge in [-0.15, -0.1) is 0 Å². The Morgan fingerprint density at radius 1 is 0.826 bits per heavy atom. The van der Waals surface area contributed by atoms with E-state index in [-0.39, 0.29) is 11.8 Å². The maximum absolute atomic E-state index is 10.8. The number of hydrogen-bond acceptors (Lipinski definition) is 3. The van der Waals surface area contributed by atoms with Crippen molar-refractivity contribution >= 4 is 11.8 Å². The van der Waals surface area contributed by atoms with Crippen molar-refractivity contribution in [2.75, 3.05) is 6.61 Å². The molecule has 3 heteroatoms. The SMILES string of the molecule is CC(=O)OCCc1ccc(C)cc1.CC(=O)c1ccc(C)cc1. The van der Waals surface area contributed by atoms with Gasteiger partial charge in [0.15, 0.2) is 5.78 Å². The van der Waals surface area contributed by atoms with Crippen LogP contribution in [0.2, 0.25) is 0 Å². The Labute approximate surface area is 138 Å². The van der Waals surface area contributed by atoms with Gasteiger partial charge in [0, 0.05) is 18.9 Å². The third kappa shape index (κ3) is 7.96. The van der Waals surface area contributed by atoms with Crippen LogP contribution in [0.4, 0.5) is 0 Å². The van der Waals surface area contributed by atoms with E-state index in [4.69, 9.17) is 4.74 Å². The van der Waals surface area contributed by atoms with Crippen molar-refractivity contribution in [3.63, 3.8) is 0 Å². The molecule has 0 saturated carbocycles. The van der Waals surface area contributed by atoms with Crippen LogP contribution in [0.15, 0.2) is 48.5 Å². The topological polar surface area (TPSA) is 43.4 Å². The van der Waals surface area contributed by atoms with Gasteiger partial charge >= 0.3 is 5.97 Å². The summed E-state index contributed by atoms with van der Waals surface area (Å²) in [5.74, 6) is -0.0906. The zero-order valence-electron chi connectivity index (χ0n) is 14.3. The Morgan fingerprint density at radius 3 is 1.74 bits per heavy atom. The van der Waals surface area contributed by atoms with Crippen molar-refractivity contribution in [1.29, 1.82) is 0 Å². The summed E-state index contributed by atoms with van der Waals surface area (Å²) in [5.41, 5.74) is 4.42. The zero-order chi connectivity index (χ0) is 17.2. The molecule has 0 aliphatic carbocycles. The monoisotopic (exact) mass is 312 g/mol. The van der Waals surface area contributed by atoms with Crippen molar-refractivity contribution in [2.45, 2.75) is 34.1 Å². The molecule has 3 nitrogen and oxygen atoms in total. The van der Waals surface area contributed by atoms with Crippen LogP contribution in [0.25, 0.3) is 0 Å². The van der Waals surface area contributed by atoms with E-state index in [0.717, 1.165) is 12.0 Å². The molecule has 0 amide bonds. The molecule has 0 radical (unpaired) electrons. The second-order valence-electron chi connectivity index (χ2n) is 5.50. The zero-order valence-corrected chi connectivity index (χ0v) is 14.3. The molecule has 0 fully saturated rings. The van der Waals surface area contributed by atoms with Crippen molar-refractivity contribution in [1.82, 2.24) is 0 Å². The third-order valence-electron chi connectivity index (χ3n) is 3.27. The number of esters is 1. The minimum Gasteiger partial charge on any atom is -0.466 e. The summed E-state index contributed by atoms with van der Waals surface area (Å²) in [7, 11) is 0. The highest BCUT2D eigenvalue weighted by Gasteiger charge is 1.95. The van der Waals surface area contributed by atoms with Gasteiger partial charge in [-0.1, -0.05) is 59.7 Å². The molecule has 2 rings (SSSR count). The number of carbonyl (C=O) groups excluding carboxylic acids is 2. The van der Waals surface area contributed by atoms with Gasteiger partial charge in [-0.3, -0.25) is 9.59 Å². The molecule has 0 N–H and O–H groups in total. The molecule has 0 spiro atoms. The predicted molar refractivity (Wildman–Crippen MR) is 92.7 cm³/mol. The fourth-order valence-corrected chi connectivity index (χ4v) is 1.86. The van der Waals surface area contributed by atoms with Gasteiger partial charge in [0.25, 0.3) is 0 Å². The Kier molecular flexibility index (Phi) is 7.75. The Hall–Kier alpha value is -2.42. The summed E-state index contributed by atoms with van der Waals surface area (Å²) in [5, 5.41) is 0. The lowest BCUT2D eigenvalue weighted by Crippen LogP contribution is -2.03. The predicted octanol–water partition coefficient (Wildman–Crippen LogP) is 4.30. The fourth-order valence-electron chi connectivity index (χ4n) is 1.86. The van der Waals surface area contributed by atoms with Gasteiger partial charge in [0.05, 0.1) is 6.61 Å². The van der Waals surface area contributed by atoms with Crippen LogP contribution < -0.4 is 0 Å². The van der Waals surface area contributed by atoms with Crippen LogP contribution >= 0.6 is 0 Å². The molecule has 23 heavy (non-hydrogen) atoms. The number of ketones is 1. The average Bonchev–Trinajstić information content (AvgIpc) is 2.50. The molecule has 0 aromatic heterocycles. The highest BCUT2D eigenvalue weighted by Crippen LogP contribution is 2.04. The average molecular weight is 312 g/mol. The third-order valence-corrected chi connectivity index (χ3v) is 3.27. The Bertz CT molecular complexity index is 625. The van der Waals surface area contributed by atoms with Crippen LogP contribution in [0.1, 0.15) is 40.9 Å². The van der Waals surface area contributed by atoms with E-state index in [0.29, 0.717) is 6.61 Å². The first-order valence-corrected chi connectivity index (χ1v) is 7.65. The van der Waals surface area contributed by atoms with E-state index < -0.39 is 0 Å². The summed E-state index contributed by atoms with van der Waals surface area (Å²) in [6, 6.07) is 15.8. The van der Waals surface area contributed by atoms with Gasteiger partial charge in [-0.05, 0) is 26.3 Å². The quantitative estimate of drug-likeness (QED) is 0.624. The molecule has 0 bridgehead atoms. The molecule has 0 saturated heterocycles. The first kappa shape index (κ1) is 18.6. The van der Waals surface area contributed by atoms with Crippen LogP contribution in [-0.2, 0) is 16.0 Å². The van der Waals surface area contributed by atoms with Gasteiger partial charge < -0.3 is 4.74 Å². The van der Waals surface area contributed by atoms with E-state index in [9.17, 15) is 9.59 Å².